The Hall–Kier alpha value is -1.76. The number of carboxylic acid groups (broad SMARTS) is 1. The summed E-state index contributed by atoms with van der Waals surface area (Å²) in [6, 6.07) is 3.34. The number of urea groups is 1. The topological polar surface area (TPSA) is 82.5 Å². The average molecular weight is 309 g/mol. The van der Waals surface area contributed by atoms with Crippen LogP contribution in [0.4, 0.5) is 4.79 Å². The summed E-state index contributed by atoms with van der Waals surface area (Å²) in [5, 5.41) is 11.8. The van der Waals surface area contributed by atoms with Crippen molar-refractivity contribution in [1.29, 1.82) is 0 Å². The third-order valence-corrected chi connectivity index (χ3v) is 4.52. The van der Waals surface area contributed by atoms with Gasteiger partial charge in [-0.25, -0.2) is 4.79 Å². The van der Waals surface area contributed by atoms with E-state index in [1.165, 1.54) is 0 Å². The number of nitrogens with one attached hydrogen (secondary N) is 1. The molecule has 1 fully saturated rings. The standard InChI is InChI=1S/C14H19N3O3S/c1-10-3-2-4-15-12(10)8-16-14(20)17-5-6-21-9-11(17)7-13(18)19/h2-4,11H,5-9H2,1H3,(H,16,20)(H,18,19). The lowest BCUT2D eigenvalue weighted by Gasteiger charge is -2.34. The van der Waals surface area contributed by atoms with Crippen molar-refractivity contribution in [2.75, 3.05) is 18.1 Å². The summed E-state index contributed by atoms with van der Waals surface area (Å²) in [5.74, 6) is 0.634. The molecule has 0 radical (unpaired) electrons. The number of hydrogen-bond acceptors (Lipinski definition) is 4. The van der Waals surface area contributed by atoms with Crippen LogP contribution in [0.5, 0.6) is 0 Å². The monoisotopic (exact) mass is 309 g/mol. The Morgan fingerprint density at radius 2 is 2.38 bits per heavy atom. The molecule has 1 saturated heterocycles. The molecule has 2 N–H and O–H groups in total. The van der Waals surface area contributed by atoms with Gasteiger partial charge in [0.25, 0.3) is 0 Å². The highest BCUT2D eigenvalue weighted by atomic mass is 32.2. The van der Waals surface area contributed by atoms with Crippen LogP contribution in [-0.2, 0) is 11.3 Å². The molecule has 1 atom stereocenters. The van der Waals surface area contributed by atoms with Gasteiger partial charge in [-0.15, -0.1) is 0 Å². The number of aromatic nitrogens is 1. The van der Waals surface area contributed by atoms with Crippen LogP contribution in [0.1, 0.15) is 17.7 Å². The van der Waals surface area contributed by atoms with Crippen molar-refractivity contribution >= 4 is 23.8 Å². The minimum absolute atomic E-state index is 0.0109. The molecule has 2 rings (SSSR count). The van der Waals surface area contributed by atoms with Crippen molar-refractivity contribution in [3.8, 4) is 0 Å². The first-order chi connectivity index (χ1) is 10.1. The number of carbonyl (C=O) groups excluding carboxylic acids is 1. The number of carboxylic acids is 1. The van der Waals surface area contributed by atoms with Crippen molar-refractivity contribution in [3.63, 3.8) is 0 Å². The maximum absolute atomic E-state index is 12.3. The molecule has 0 spiro atoms. The van der Waals surface area contributed by atoms with Gasteiger partial charge in [-0.3, -0.25) is 9.78 Å². The van der Waals surface area contributed by atoms with Crippen LogP contribution in [-0.4, -0.2) is 51.1 Å². The molecule has 2 heterocycles. The first-order valence-electron chi connectivity index (χ1n) is 6.82. The van der Waals surface area contributed by atoms with Gasteiger partial charge in [0, 0.05) is 24.2 Å². The van der Waals surface area contributed by atoms with Gasteiger partial charge in [0.1, 0.15) is 0 Å². The van der Waals surface area contributed by atoms with Crippen molar-refractivity contribution in [3.05, 3.63) is 29.6 Å². The predicted molar refractivity (Wildman–Crippen MR) is 81.3 cm³/mol. The summed E-state index contributed by atoms with van der Waals surface area (Å²) in [5.41, 5.74) is 1.85. The highest BCUT2D eigenvalue weighted by molar-refractivity contribution is 7.99. The molecule has 21 heavy (non-hydrogen) atoms. The molecule has 1 aromatic heterocycles. The van der Waals surface area contributed by atoms with Crippen molar-refractivity contribution < 1.29 is 14.7 Å². The molecule has 1 aliphatic rings. The van der Waals surface area contributed by atoms with E-state index >= 15 is 0 Å². The van der Waals surface area contributed by atoms with E-state index in [-0.39, 0.29) is 18.5 Å². The number of hydrogen-bond donors (Lipinski definition) is 2. The van der Waals surface area contributed by atoms with Crippen molar-refractivity contribution in [2.24, 2.45) is 0 Å². The van der Waals surface area contributed by atoms with E-state index in [2.05, 4.69) is 10.3 Å². The maximum Gasteiger partial charge on any atom is 0.318 e. The molecule has 0 aromatic carbocycles. The Morgan fingerprint density at radius 1 is 1.57 bits per heavy atom. The molecule has 0 aliphatic carbocycles. The number of aryl methyl sites for hydroxylation is 1. The molecule has 1 aliphatic heterocycles. The lowest BCUT2D eigenvalue weighted by molar-refractivity contribution is -0.138. The number of nitrogens with zero attached hydrogens (tertiary/aromatic N) is 2. The first kappa shape index (κ1) is 15.6. The molecule has 0 saturated carbocycles. The number of carbonyl (C=O) groups is 2. The Bertz CT molecular complexity index is 524. The van der Waals surface area contributed by atoms with Crippen LogP contribution in [0, 0.1) is 6.92 Å². The fourth-order valence-corrected chi connectivity index (χ4v) is 3.32. The first-order valence-corrected chi connectivity index (χ1v) is 7.98. The van der Waals surface area contributed by atoms with Crippen LogP contribution in [0.25, 0.3) is 0 Å². The van der Waals surface area contributed by atoms with Gasteiger partial charge in [0.05, 0.1) is 24.7 Å². The lowest BCUT2D eigenvalue weighted by Crippen LogP contribution is -2.51. The van der Waals surface area contributed by atoms with E-state index in [0.717, 1.165) is 17.0 Å². The fourth-order valence-electron chi connectivity index (χ4n) is 2.26. The zero-order valence-electron chi connectivity index (χ0n) is 11.9. The van der Waals surface area contributed by atoms with Gasteiger partial charge in [-0.2, -0.15) is 11.8 Å². The zero-order chi connectivity index (χ0) is 15.2. The Balaban J connectivity index is 1.94. The molecular formula is C14H19N3O3S. The second-order valence-corrected chi connectivity index (χ2v) is 6.10. The fraction of sp³-hybridized carbons (Fsp3) is 0.500. The number of aliphatic carboxylic acids is 1. The number of amides is 2. The minimum atomic E-state index is -0.874. The highest BCUT2D eigenvalue weighted by Gasteiger charge is 2.28. The van der Waals surface area contributed by atoms with E-state index in [0.29, 0.717) is 18.8 Å². The largest absolute Gasteiger partial charge is 0.481 e. The van der Waals surface area contributed by atoms with Gasteiger partial charge >= 0.3 is 12.0 Å². The molecule has 1 unspecified atom stereocenters. The summed E-state index contributed by atoms with van der Waals surface area (Å²) in [7, 11) is 0. The normalized spacial score (nSPS) is 18.3. The number of pyridine rings is 1. The minimum Gasteiger partial charge on any atom is -0.481 e. The molecule has 1 aromatic rings. The predicted octanol–water partition coefficient (Wildman–Crippen LogP) is 1.49. The second kappa shape index (κ2) is 7.31. The van der Waals surface area contributed by atoms with Gasteiger partial charge in [0.2, 0.25) is 0 Å². The average Bonchev–Trinajstić information content (AvgIpc) is 2.46. The summed E-state index contributed by atoms with van der Waals surface area (Å²) < 4.78 is 0. The highest BCUT2D eigenvalue weighted by Crippen LogP contribution is 2.19. The SMILES string of the molecule is Cc1cccnc1CNC(=O)N1CCSCC1CC(=O)O. The van der Waals surface area contributed by atoms with E-state index < -0.39 is 5.97 Å². The third kappa shape index (κ3) is 4.35. The summed E-state index contributed by atoms with van der Waals surface area (Å²) in [6.07, 6.45) is 1.68. The Kier molecular flexibility index (Phi) is 5.44. The summed E-state index contributed by atoms with van der Waals surface area (Å²) >= 11 is 1.69. The van der Waals surface area contributed by atoms with Crippen LogP contribution >= 0.6 is 11.8 Å². The van der Waals surface area contributed by atoms with Gasteiger partial charge < -0.3 is 15.3 Å². The van der Waals surface area contributed by atoms with Crippen LogP contribution in [0.3, 0.4) is 0 Å². The van der Waals surface area contributed by atoms with Gasteiger partial charge in [-0.1, -0.05) is 6.07 Å². The maximum atomic E-state index is 12.3. The molecule has 0 bridgehead atoms. The Labute approximate surface area is 127 Å². The third-order valence-electron chi connectivity index (χ3n) is 3.42. The molecule has 6 nitrogen and oxygen atoms in total. The van der Waals surface area contributed by atoms with Gasteiger partial charge in [0.15, 0.2) is 0 Å². The molecule has 114 valence electrons. The van der Waals surface area contributed by atoms with E-state index in [9.17, 15) is 9.59 Å². The Morgan fingerprint density at radius 3 is 3.10 bits per heavy atom. The zero-order valence-corrected chi connectivity index (χ0v) is 12.7. The summed E-state index contributed by atoms with van der Waals surface area (Å²) in [6.45, 7) is 2.88. The smallest absolute Gasteiger partial charge is 0.318 e. The van der Waals surface area contributed by atoms with Crippen LogP contribution in [0.2, 0.25) is 0 Å². The molecular weight excluding hydrogens is 290 g/mol. The van der Waals surface area contributed by atoms with E-state index in [1.807, 2.05) is 19.1 Å². The van der Waals surface area contributed by atoms with Gasteiger partial charge in [-0.05, 0) is 18.6 Å². The van der Waals surface area contributed by atoms with E-state index in [4.69, 9.17) is 5.11 Å². The summed E-state index contributed by atoms with van der Waals surface area (Å²) in [4.78, 5) is 29.0. The van der Waals surface area contributed by atoms with Crippen LogP contribution < -0.4 is 5.32 Å². The van der Waals surface area contributed by atoms with E-state index in [1.54, 1.807) is 22.9 Å². The number of rotatable bonds is 4. The van der Waals surface area contributed by atoms with Crippen LogP contribution in [0.15, 0.2) is 18.3 Å². The van der Waals surface area contributed by atoms with Crippen molar-refractivity contribution in [1.82, 2.24) is 15.2 Å². The molecule has 2 amide bonds. The quantitative estimate of drug-likeness (QED) is 0.880. The molecule has 7 heteroatoms. The van der Waals surface area contributed by atoms with Crippen molar-refractivity contribution in [2.45, 2.75) is 25.9 Å². The second-order valence-electron chi connectivity index (χ2n) is 4.95. The lowest BCUT2D eigenvalue weighted by atomic mass is 10.2. The number of thioether (sulfide) groups is 1.